The summed E-state index contributed by atoms with van der Waals surface area (Å²) < 4.78 is 11.1. The second kappa shape index (κ2) is 7.61. The van der Waals surface area contributed by atoms with Gasteiger partial charge in [-0.15, -0.1) is 0 Å². The number of rotatable bonds is 4. The fraction of sp³-hybridized carbons (Fsp3) is 0.294. The highest BCUT2D eigenvalue weighted by molar-refractivity contribution is 6.30. The lowest BCUT2D eigenvalue weighted by Gasteiger charge is -2.29. The van der Waals surface area contributed by atoms with Crippen molar-refractivity contribution in [2.45, 2.75) is 19.1 Å². The largest absolute Gasteiger partial charge is 0.439 e. The third-order valence-corrected chi connectivity index (χ3v) is 3.89. The first kappa shape index (κ1) is 16.7. The molecule has 0 radical (unpaired) electrons. The molecule has 3 rings (SSSR count). The lowest BCUT2D eigenvalue weighted by atomic mass is 10.1. The smallest absolute Gasteiger partial charge is 0.244 e. The van der Waals surface area contributed by atoms with E-state index in [0.29, 0.717) is 35.5 Å². The number of hydrogen-bond acceptors (Lipinski definition) is 5. The molecule has 1 aliphatic rings. The van der Waals surface area contributed by atoms with E-state index in [-0.39, 0.29) is 18.1 Å². The second-order valence-corrected chi connectivity index (χ2v) is 5.87. The Hall–Kier alpha value is -2.15. The molecule has 0 saturated carbocycles. The SMILES string of the molecule is C[C@H]1OCCN[C@@H]1C(=O)Nc1ccc(Oc2ccc(Cl)cc2)nc1. The molecule has 0 spiro atoms. The number of ether oxygens (including phenoxy) is 2. The number of benzene rings is 1. The van der Waals surface area contributed by atoms with Crippen LogP contribution in [-0.2, 0) is 9.53 Å². The van der Waals surface area contributed by atoms with Gasteiger partial charge in [0.2, 0.25) is 11.8 Å². The molecular formula is C17H18ClN3O3. The van der Waals surface area contributed by atoms with Crippen LogP contribution in [0, 0.1) is 0 Å². The summed E-state index contributed by atoms with van der Waals surface area (Å²) in [5.74, 6) is 0.930. The predicted octanol–water partition coefficient (Wildman–Crippen LogP) is 2.84. The van der Waals surface area contributed by atoms with Crippen molar-refractivity contribution in [3.8, 4) is 11.6 Å². The number of aromatic nitrogens is 1. The predicted molar refractivity (Wildman–Crippen MR) is 91.6 cm³/mol. The normalized spacial score (nSPS) is 20.4. The minimum atomic E-state index is -0.372. The number of carbonyl (C=O) groups is 1. The average Bonchev–Trinajstić information content (AvgIpc) is 2.59. The zero-order valence-corrected chi connectivity index (χ0v) is 13.9. The summed E-state index contributed by atoms with van der Waals surface area (Å²) in [5, 5.41) is 6.61. The van der Waals surface area contributed by atoms with E-state index in [1.165, 1.54) is 0 Å². The molecule has 2 atom stereocenters. The lowest BCUT2D eigenvalue weighted by Crippen LogP contribution is -2.53. The number of carbonyl (C=O) groups excluding carboxylic acids is 1. The van der Waals surface area contributed by atoms with Crippen LogP contribution in [0.1, 0.15) is 6.92 Å². The first-order valence-electron chi connectivity index (χ1n) is 7.67. The number of nitrogens with zero attached hydrogens (tertiary/aromatic N) is 1. The molecule has 1 amide bonds. The van der Waals surface area contributed by atoms with Crippen LogP contribution in [0.2, 0.25) is 5.02 Å². The Bertz CT molecular complexity index is 691. The van der Waals surface area contributed by atoms with E-state index in [1.807, 2.05) is 6.92 Å². The summed E-state index contributed by atoms with van der Waals surface area (Å²) in [6.07, 6.45) is 1.39. The van der Waals surface area contributed by atoms with Gasteiger partial charge in [0.25, 0.3) is 0 Å². The van der Waals surface area contributed by atoms with Crippen LogP contribution < -0.4 is 15.4 Å². The molecule has 2 aromatic rings. The summed E-state index contributed by atoms with van der Waals surface area (Å²) in [4.78, 5) is 16.5. The zero-order chi connectivity index (χ0) is 16.9. The lowest BCUT2D eigenvalue weighted by molar-refractivity contribution is -0.123. The van der Waals surface area contributed by atoms with Gasteiger partial charge in [-0.05, 0) is 37.3 Å². The van der Waals surface area contributed by atoms with Crippen molar-refractivity contribution in [1.29, 1.82) is 0 Å². The second-order valence-electron chi connectivity index (χ2n) is 5.44. The summed E-state index contributed by atoms with van der Waals surface area (Å²) in [6.45, 7) is 3.15. The van der Waals surface area contributed by atoms with Crippen molar-refractivity contribution >= 4 is 23.2 Å². The molecule has 126 valence electrons. The average molecular weight is 348 g/mol. The molecule has 24 heavy (non-hydrogen) atoms. The van der Waals surface area contributed by atoms with E-state index in [4.69, 9.17) is 21.1 Å². The number of morpholine rings is 1. The molecular weight excluding hydrogens is 330 g/mol. The summed E-state index contributed by atoms with van der Waals surface area (Å²) in [6, 6.07) is 10.1. The topological polar surface area (TPSA) is 72.5 Å². The van der Waals surface area contributed by atoms with Crippen LogP contribution in [0.15, 0.2) is 42.6 Å². The molecule has 1 aliphatic heterocycles. The van der Waals surface area contributed by atoms with E-state index in [9.17, 15) is 4.79 Å². The molecule has 1 fully saturated rings. The van der Waals surface area contributed by atoms with Crippen LogP contribution in [0.3, 0.4) is 0 Å². The van der Waals surface area contributed by atoms with E-state index < -0.39 is 0 Å². The van der Waals surface area contributed by atoms with Gasteiger partial charge >= 0.3 is 0 Å². The van der Waals surface area contributed by atoms with Crippen LogP contribution >= 0.6 is 11.6 Å². The first-order valence-corrected chi connectivity index (χ1v) is 8.05. The van der Waals surface area contributed by atoms with Gasteiger partial charge in [0.15, 0.2) is 0 Å². The zero-order valence-electron chi connectivity index (χ0n) is 13.2. The number of nitrogens with one attached hydrogen (secondary N) is 2. The Morgan fingerprint density at radius 3 is 2.79 bits per heavy atom. The Labute approximate surface area is 145 Å². The molecule has 0 bridgehead atoms. The van der Waals surface area contributed by atoms with Crippen molar-refractivity contribution in [3.63, 3.8) is 0 Å². The van der Waals surface area contributed by atoms with Crippen molar-refractivity contribution in [2.75, 3.05) is 18.5 Å². The van der Waals surface area contributed by atoms with Crippen LogP contribution in [0.4, 0.5) is 5.69 Å². The fourth-order valence-electron chi connectivity index (χ4n) is 2.39. The van der Waals surface area contributed by atoms with Crippen molar-refractivity contribution in [2.24, 2.45) is 0 Å². The Kier molecular flexibility index (Phi) is 5.30. The van der Waals surface area contributed by atoms with E-state index in [2.05, 4.69) is 15.6 Å². The molecule has 1 aromatic carbocycles. The maximum Gasteiger partial charge on any atom is 0.244 e. The van der Waals surface area contributed by atoms with Crippen LogP contribution in [0.25, 0.3) is 0 Å². The van der Waals surface area contributed by atoms with Gasteiger partial charge in [0.05, 0.1) is 24.6 Å². The molecule has 7 heteroatoms. The van der Waals surface area contributed by atoms with E-state index >= 15 is 0 Å². The van der Waals surface area contributed by atoms with Crippen LogP contribution in [0.5, 0.6) is 11.6 Å². The summed E-state index contributed by atoms with van der Waals surface area (Å²) in [5.41, 5.74) is 0.600. The number of pyridine rings is 1. The molecule has 1 saturated heterocycles. The molecule has 0 unspecified atom stereocenters. The van der Waals surface area contributed by atoms with Gasteiger partial charge in [-0.1, -0.05) is 11.6 Å². The minimum absolute atomic E-state index is 0.143. The summed E-state index contributed by atoms with van der Waals surface area (Å²) in [7, 11) is 0. The standard InChI is InChI=1S/C17H18ClN3O3/c1-11-16(19-8-9-23-11)17(22)21-13-4-7-15(20-10-13)24-14-5-2-12(18)3-6-14/h2-7,10-11,16,19H,8-9H2,1H3,(H,21,22)/t11-,16+/m1/s1. The number of amides is 1. The van der Waals surface area contributed by atoms with Gasteiger partial charge < -0.3 is 20.1 Å². The minimum Gasteiger partial charge on any atom is -0.439 e. The van der Waals surface area contributed by atoms with Crippen molar-refractivity contribution in [3.05, 3.63) is 47.6 Å². The number of halogens is 1. The van der Waals surface area contributed by atoms with E-state index in [0.717, 1.165) is 0 Å². The Morgan fingerprint density at radius 2 is 2.12 bits per heavy atom. The number of anilines is 1. The molecule has 2 N–H and O–H groups in total. The monoisotopic (exact) mass is 347 g/mol. The van der Waals surface area contributed by atoms with Gasteiger partial charge in [-0.25, -0.2) is 4.98 Å². The highest BCUT2D eigenvalue weighted by Crippen LogP contribution is 2.22. The van der Waals surface area contributed by atoms with E-state index in [1.54, 1.807) is 42.6 Å². The van der Waals surface area contributed by atoms with Gasteiger partial charge in [-0.2, -0.15) is 0 Å². The molecule has 6 nitrogen and oxygen atoms in total. The van der Waals surface area contributed by atoms with Gasteiger partial charge in [0.1, 0.15) is 11.8 Å². The maximum absolute atomic E-state index is 12.3. The Morgan fingerprint density at radius 1 is 1.33 bits per heavy atom. The van der Waals surface area contributed by atoms with Gasteiger partial charge in [-0.3, -0.25) is 4.79 Å². The van der Waals surface area contributed by atoms with Crippen LogP contribution in [-0.4, -0.2) is 36.2 Å². The fourth-order valence-corrected chi connectivity index (χ4v) is 2.51. The third-order valence-electron chi connectivity index (χ3n) is 3.64. The number of hydrogen-bond donors (Lipinski definition) is 2. The van der Waals surface area contributed by atoms with Gasteiger partial charge in [0, 0.05) is 17.6 Å². The van der Waals surface area contributed by atoms with Crippen molar-refractivity contribution < 1.29 is 14.3 Å². The molecule has 1 aromatic heterocycles. The molecule has 0 aliphatic carbocycles. The highest BCUT2D eigenvalue weighted by atomic mass is 35.5. The molecule has 2 heterocycles. The highest BCUT2D eigenvalue weighted by Gasteiger charge is 2.28. The maximum atomic E-state index is 12.3. The Balaban J connectivity index is 1.59. The van der Waals surface area contributed by atoms with Crippen molar-refractivity contribution in [1.82, 2.24) is 10.3 Å². The third kappa shape index (κ3) is 4.23. The quantitative estimate of drug-likeness (QED) is 0.889. The summed E-state index contributed by atoms with van der Waals surface area (Å²) >= 11 is 5.83. The first-order chi connectivity index (χ1) is 11.6.